The summed E-state index contributed by atoms with van der Waals surface area (Å²) in [7, 11) is 2.30. The van der Waals surface area contributed by atoms with Crippen LogP contribution in [-0.2, 0) is 0 Å². The smallest absolute Gasteiger partial charge is 0.0153 e. The molecule has 1 heterocycles. The van der Waals surface area contributed by atoms with Gasteiger partial charge in [0.15, 0.2) is 0 Å². The summed E-state index contributed by atoms with van der Waals surface area (Å²) in [4.78, 5) is 2.56. The summed E-state index contributed by atoms with van der Waals surface area (Å²) in [5, 5.41) is 3.97. The minimum Gasteiger partial charge on any atom is -0.311 e. The summed E-state index contributed by atoms with van der Waals surface area (Å²) in [5.74, 6) is 0. The number of hydrogen-bond acceptors (Lipinski definition) is 2. The van der Waals surface area contributed by atoms with Gasteiger partial charge in [-0.3, -0.25) is 0 Å². The van der Waals surface area contributed by atoms with Crippen molar-refractivity contribution >= 4 is 0 Å². The molecule has 2 unspecified atom stereocenters. The second-order valence-electron chi connectivity index (χ2n) is 8.17. The zero-order valence-corrected chi connectivity index (χ0v) is 16.6. The molecule has 1 aliphatic heterocycles. The molecule has 2 atom stereocenters. The van der Waals surface area contributed by atoms with Gasteiger partial charge in [-0.05, 0) is 59.2 Å². The molecule has 0 aromatic rings. The van der Waals surface area contributed by atoms with E-state index in [4.69, 9.17) is 0 Å². The molecule has 0 amide bonds. The van der Waals surface area contributed by atoms with Gasteiger partial charge in [-0.2, -0.15) is 0 Å². The van der Waals surface area contributed by atoms with E-state index in [1.165, 1.54) is 96.6 Å². The monoisotopic (exact) mass is 324 g/mol. The van der Waals surface area contributed by atoms with E-state index in [0.717, 1.165) is 6.04 Å². The zero-order valence-electron chi connectivity index (χ0n) is 16.6. The highest BCUT2D eigenvalue weighted by Gasteiger charge is 2.24. The van der Waals surface area contributed by atoms with Crippen LogP contribution in [0.15, 0.2) is 0 Å². The SMILES string of the molecule is CCCCCCCC(C)(CCCCC)NCCC1CCCN1C. The van der Waals surface area contributed by atoms with Crippen LogP contribution in [0.3, 0.4) is 0 Å². The normalized spacial score (nSPS) is 21.7. The summed E-state index contributed by atoms with van der Waals surface area (Å²) in [6.07, 6.45) is 18.0. The van der Waals surface area contributed by atoms with Crippen molar-refractivity contribution < 1.29 is 0 Å². The number of rotatable bonds is 14. The summed E-state index contributed by atoms with van der Waals surface area (Å²) in [6.45, 7) is 9.60. The number of nitrogens with zero attached hydrogens (tertiary/aromatic N) is 1. The summed E-state index contributed by atoms with van der Waals surface area (Å²) in [5.41, 5.74) is 0.374. The molecule has 138 valence electrons. The van der Waals surface area contributed by atoms with Crippen molar-refractivity contribution in [2.75, 3.05) is 20.1 Å². The van der Waals surface area contributed by atoms with Crippen molar-refractivity contribution in [3.8, 4) is 0 Å². The average Bonchev–Trinajstić information content (AvgIpc) is 2.93. The molecule has 1 N–H and O–H groups in total. The van der Waals surface area contributed by atoms with Crippen LogP contribution in [-0.4, -0.2) is 36.6 Å². The van der Waals surface area contributed by atoms with Crippen LogP contribution in [0.25, 0.3) is 0 Å². The molecule has 0 spiro atoms. The van der Waals surface area contributed by atoms with Crippen LogP contribution < -0.4 is 5.32 Å². The van der Waals surface area contributed by atoms with Crippen molar-refractivity contribution in [2.24, 2.45) is 0 Å². The molecule has 1 fully saturated rings. The van der Waals surface area contributed by atoms with E-state index in [2.05, 4.69) is 38.0 Å². The van der Waals surface area contributed by atoms with Gasteiger partial charge in [0.05, 0.1) is 0 Å². The fourth-order valence-corrected chi connectivity index (χ4v) is 4.07. The molecule has 0 bridgehead atoms. The summed E-state index contributed by atoms with van der Waals surface area (Å²) < 4.78 is 0. The van der Waals surface area contributed by atoms with E-state index < -0.39 is 0 Å². The fraction of sp³-hybridized carbons (Fsp3) is 1.00. The molecular formula is C21H44N2. The molecule has 0 aromatic carbocycles. The first-order valence-electron chi connectivity index (χ1n) is 10.6. The Morgan fingerprint density at radius 3 is 2.17 bits per heavy atom. The Kier molecular flexibility index (Phi) is 11.2. The Hall–Kier alpha value is -0.0800. The van der Waals surface area contributed by atoms with Crippen LogP contribution >= 0.6 is 0 Å². The van der Waals surface area contributed by atoms with Gasteiger partial charge >= 0.3 is 0 Å². The number of unbranched alkanes of at least 4 members (excludes halogenated alkanes) is 6. The maximum atomic E-state index is 3.97. The third kappa shape index (κ3) is 9.10. The molecule has 0 aliphatic carbocycles. The van der Waals surface area contributed by atoms with Gasteiger partial charge in [-0.25, -0.2) is 0 Å². The first-order valence-corrected chi connectivity index (χ1v) is 10.6. The molecule has 1 saturated heterocycles. The number of likely N-dealkylation sites (tertiary alicyclic amines) is 1. The Morgan fingerprint density at radius 2 is 1.57 bits per heavy atom. The van der Waals surface area contributed by atoms with Gasteiger partial charge in [0.2, 0.25) is 0 Å². The zero-order chi connectivity index (χ0) is 17.0. The minimum absolute atomic E-state index is 0.374. The first-order chi connectivity index (χ1) is 11.1. The lowest BCUT2D eigenvalue weighted by molar-refractivity contribution is 0.254. The standard InChI is InChI=1S/C21H44N2/c1-5-7-9-10-12-17-21(3,16-11-8-6-2)22-18-15-20-14-13-19-23(20)4/h20,22H,5-19H2,1-4H3. The van der Waals surface area contributed by atoms with E-state index in [0.29, 0.717) is 5.54 Å². The number of nitrogens with one attached hydrogen (secondary N) is 1. The summed E-state index contributed by atoms with van der Waals surface area (Å²) in [6, 6.07) is 0.826. The van der Waals surface area contributed by atoms with Gasteiger partial charge in [-0.15, -0.1) is 0 Å². The number of hydrogen-bond donors (Lipinski definition) is 1. The Labute approximate surface area is 146 Å². The lowest BCUT2D eigenvalue weighted by Crippen LogP contribution is -2.44. The molecule has 2 nitrogen and oxygen atoms in total. The van der Waals surface area contributed by atoms with Crippen LogP contribution in [0.2, 0.25) is 0 Å². The molecular weight excluding hydrogens is 280 g/mol. The lowest BCUT2D eigenvalue weighted by atomic mass is 9.88. The maximum absolute atomic E-state index is 3.97. The second kappa shape index (κ2) is 12.3. The van der Waals surface area contributed by atoms with E-state index in [9.17, 15) is 0 Å². The quantitative estimate of drug-likeness (QED) is 0.409. The van der Waals surface area contributed by atoms with Crippen LogP contribution in [0.4, 0.5) is 0 Å². The van der Waals surface area contributed by atoms with Gasteiger partial charge in [0, 0.05) is 11.6 Å². The topological polar surface area (TPSA) is 15.3 Å². The van der Waals surface area contributed by atoms with E-state index in [1.54, 1.807) is 0 Å². The van der Waals surface area contributed by atoms with Gasteiger partial charge in [0.25, 0.3) is 0 Å². The van der Waals surface area contributed by atoms with Crippen molar-refractivity contribution in [3.05, 3.63) is 0 Å². The van der Waals surface area contributed by atoms with Crippen molar-refractivity contribution in [1.29, 1.82) is 0 Å². The minimum atomic E-state index is 0.374. The van der Waals surface area contributed by atoms with Crippen molar-refractivity contribution in [1.82, 2.24) is 10.2 Å². The summed E-state index contributed by atoms with van der Waals surface area (Å²) >= 11 is 0. The predicted molar refractivity (Wildman–Crippen MR) is 104 cm³/mol. The van der Waals surface area contributed by atoms with Gasteiger partial charge < -0.3 is 10.2 Å². The molecule has 0 radical (unpaired) electrons. The molecule has 1 rings (SSSR count). The molecule has 2 heteroatoms. The first kappa shape index (κ1) is 21.0. The highest BCUT2D eigenvalue weighted by Crippen LogP contribution is 2.24. The van der Waals surface area contributed by atoms with E-state index in [-0.39, 0.29) is 0 Å². The Bertz CT molecular complexity index is 279. The van der Waals surface area contributed by atoms with Crippen molar-refractivity contribution in [2.45, 2.75) is 116 Å². The molecule has 0 aromatic heterocycles. The largest absolute Gasteiger partial charge is 0.311 e. The highest BCUT2D eigenvalue weighted by molar-refractivity contribution is 4.85. The highest BCUT2D eigenvalue weighted by atomic mass is 15.1. The van der Waals surface area contributed by atoms with Crippen LogP contribution in [0.1, 0.15) is 104 Å². The van der Waals surface area contributed by atoms with Crippen LogP contribution in [0.5, 0.6) is 0 Å². The predicted octanol–water partition coefficient (Wildman–Crippen LogP) is 5.76. The Morgan fingerprint density at radius 1 is 0.957 bits per heavy atom. The average molecular weight is 325 g/mol. The van der Waals surface area contributed by atoms with Crippen molar-refractivity contribution in [3.63, 3.8) is 0 Å². The fourth-order valence-electron chi connectivity index (χ4n) is 4.07. The molecule has 0 saturated carbocycles. The lowest BCUT2D eigenvalue weighted by Gasteiger charge is -2.32. The van der Waals surface area contributed by atoms with E-state index >= 15 is 0 Å². The van der Waals surface area contributed by atoms with Gasteiger partial charge in [-0.1, -0.05) is 65.2 Å². The van der Waals surface area contributed by atoms with Gasteiger partial charge in [0.1, 0.15) is 0 Å². The second-order valence-corrected chi connectivity index (χ2v) is 8.17. The third-order valence-electron chi connectivity index (χ3n) is 5.87. The Balaban J connectivity index is 2.30. The maximum Gasteiger partial charge on any atom is 0.0153 e. The third-order valence-corrected chi connectivity index (χ3v) is 5.87. The molecule has 23 heavy (non-hydrogen) atoms. The van der Waals surface area contributed by atoms with E-state index in [1.807, 2.05) is 0 Å². The molecule has 1 aliphatic rings. The van der Waals surface area contributed by atoms with Crippen LogP contribution in [0, 0.1) is 0 Å².